The maximum atomic E-state index is 11.4. The van der Waals surface area contributed by atoms with E-state index in [2.05, 4.69) is 0 Å². The minimum absolute atomic E-state index is 0.0631. The molecule has 2 aromatic heterocycles. The molecule has 0 amide bonds. The first kappa shape index (κ1) is 38.3. The fourth-order valence-corrected chi connectivity index (χ4v) is 6.39. The van der Waals surface area contributed by atoms with E-state index < -0.39 is 9.85 Å². The lowest BCUT2D eigenvalue weighted by Gasteiger charge is -2.11. The van der Waals surface area contributed by atoms with Crippen LogP contribution in [-0.2, 0) is 0 Å². The summed E-state index contributed by atoms with van der Waals surface area (Å²) in [4.78, 5) is 28.1. The Morgan fingerprint density at radius 2 is 0.817 bits per heavy atom. The van der Waals surface area contributed by atoms with Gasteiger partial charge >= 0.3 is 11.6 Å². The maximum Gasteiger partial charge on any atom is 0.340 e. The second-order valence-corrected chi connectivity index (χ2v) is 13.0. The molecule has 0 aliphatic rings. The van der Waals surface area contributed by atoms with E-state index in [0.717, 1.165) is 11.1 Å². The van der Waals surface area contributed by atoms with Crippen molar-refractivity contribution in [2.45, 2.75) is 0 Å². The standard InChI is InChI=1S/C42H34N10O8/c1-57-35-19-5-27(6-20-35)41-43-47(31-11-15-33(16-12-31)51(53)54)49(45-41)37-23-9-29(25-39(37)59-3)30-10-24-38(40(26-30)60-4)50-46-42(28-7-21-36(58-2)22-8-28)44-48(50)32-13-17-34(18-14-32)52(55)56/h5-26H,1-4H3/q+2. The average molecular weight is 807 g/mol. The Balaban J connectivity index is 1.20. The van der Waals surface area contributed by atoms with Gasteiger partial charge in [0.05, 0.1) is 59.6 Å². The van der Waals surface area contributed by atoms with E-state index in [9.17, 15) is 20.2 Å². The molecule has 6 aromatic carbocycles. The zero-order chi connectivity index (χ0) is 41.9. The number of nitro groups is 2. The van der Waals surface area contributed by atoms with E-state index in [1.807, 2.05) is 60.7 Å². The highest BCUT2D eigenvalue weighted by molar-refractivity contribution is 5.71. The van der Waals surface area contributed by atoms with Crippen LogP contribution in [0, 0.1) is 20.2 Å². The Bertz CT molecular complexity index is 2660. The maximum absolute atomic E-state index is 11.4. The number of tetrazole rings is 2. The van der Waals surface area contributed by atoms with E-state index in [0.29, 0.717) is 68.5 Å². The number of ether oxygens (including phenoxy) is 4. The van der Waals surface area contributed by atoms with Gasteiger partial charge in [-0.1, -0.05) is 12.1 Å². The molecule has 0 saturated carbocycles. The van der Waals surface area contributed by atoms with Gasteiger partial charge in [-0.2, -0.15) is 0 Å². The Labute approximate surface area is 340 Å². The van der Waals surface area contributed by atoms with Crippen LogP contribution in [-0.4, -0.2) is 68.3 Å². The van der Waals surface area contributed by atoms with Crippen LogP contribution in [0.1, 0.15) is 0 Å². The molecule has 298 valence electrons. The van der Waals surface area contributed by atoms with Gasteiger partial charge in [0.2, 0.25) is 0 Å². The van der Waals surface area contributed by atoms with Gasteiger partial charge in [0.1, 0.15) is 11.5 Å². The monoisotopic (exact) mass is 806 g/mol. The molecule has 0 N–H and O–H groups in total. The molecular formula is C42H34N10O8+2. The lowest BCUT2D eigenvalue weighted by Crippen LogP contribution is -2.43. The van der Waals surface area contributed by atoms with Crippen molar-refractivity contribution in [2.75, 3.05) is 28.4 Å². The van der Waals surface area contributed by atoms with E-state index >= 15 is 0 Å². The first-order chi connectivity index (χ1) is 29.2. The molecule has 0 saturated heterocycles. The van der Waals surface area contributed by atoms with Gasteiger partial charge < -0.3 is 18.9 Å². The molecule has 0 aliphatic heterocycles. The summed E-state index contributed by atoms with van der Waals surface area (Å²) in [6.45, 7) is 0. The van der Waals surface area contributed by atoms with Crippen LogP contribution in [0.15, 0.2) is 133 Å². The number of benzene rings is 6. The zero-order valence-electron chi connectivity index (χ0n) is 32.4. The van der Waals surface area contributed by atoms with Gasteiger partial charge in [-0.15, -0.1) is 0 Å². The molecule has 18 heteroatoms. The van der Waals surface area contributed by atoms with Crippen molar-refractivity contribution in [3.63, 3.8) is 0 Å². The second-order valence-electron chi connectivity index (χ2n) is 13.0. The quantitative estimate of drug-likeness (QED) is 0.0724. The zero-order valence-corrected chi connectivity index (χ0v) is 32.4. The summed E-state index contributed by atoms with van der Waals surface area (Å²) >= 11 is 0. The summed E-state index contributed by atoms with van der Waals surface area (Å²) in [5.41, 5.74) is 4.97. The van der Waals surface area contributed by atoms with Gasteiger partial charge in [0, 0.05) is 33.9 Å². The molecule has 0 bridgehead atoms. The normalized spacial score (nSPS) is 10.9. The first-order valence-corrected chi connectivity index (χ1v) is 18.1. The van der Waals surface area contributed by atoms with Crippen LogP contribution in [0.2, 0.25) is 0 Å². The molecule has 0 radical (unpaired) electrons. The van der Waals surface area contributed by atoms with Crippen molar-refractivity contribution in [3.8, 4) is 79.7 Å². The van der Waals surface area contributed by atoms with Crippen LogP contribution in [0.25, 0.3) is 56.7 Å². The highest BCUT2D eigenvalue weighted by atomic mass is 16.6. The Morgan fingerprint density at radius 1 is 0.467 bits per heavy atom. The smallest absolute Gasteiger partial charge is 0.340 e. The molecule has 0 spiro atoms. The minimum atomic E-state index is -0.465. The first-order valence-electron chi connectivity index (χ1n) is 18.1. The summed E-state index contributed by atoms with van der Waals surface area (Å²) < 4.78 is 22.5. The number of hydrogen-bond acceptors (Lipinski definition) is 12. The summed E-state index contributed by atoms with van der Waals surface area (Å²) in [6, 6.07) is 37.7. The third kappa shape index (κ3) is 7.38. The fraction of sp³-hybridized carbons (Fsp3) is 0.0952. The molecule has 2 heterocycles. The molecule has 0 fully saturated rings. The minimum Gasteiger partial charge on any atom is -0.497 e. The number of nitrogens with zero attached hydrogens (tertiary/aromatic N) is 10. The van der Waals surface area contributed by atoms with E-state index in [4.69, 9.17) is 39.3 Å². The number of nitro benzene ring substituents is 2. The molecule has 8 aromatic rings. The SMILES string of the molecule is COc1ccc(-c2nn(-c3ccc(-c4ccc(-n5nc(-c6ccc(OC)cc6)n[n+]5-c5ccc([N+](=O)[O-])cc5)c(OC)c4)cc3OC)[n+](-c3ccc([N+](=O)[O-])cc3)n2)cc1. The van der Waals surface area contributed by atoms with E-state index in [1.54, 1.807) is 86.6 Å². The molecule has 0 unspecified atom stereocenters. The lowest BCUT2D eigenvalue weighted by molar-refractivity contribution is -0.734. The number of non-ortho nitro benzene ring substituents is 2. The van der Waals surface area contributed by atoms with Crippen molar-refractivity contribution in [2.24, 2.45) is 0 Å². The molecule has 0 atom stereocenters. The largest absolute Gasteiger partial charge is 0.497 e. The van der Waals surface area contributed by atoms with Gasteiger partial charge in [-0.3, -0.25) is 20.2 Å². The van der Waals surface area contributed by atoms with Crippen molar-refractivity contribution in [1.29, 1.82) is 0 Å². The molecule has 8 rings (SSSR count). The van der Waals surface area contributed by atoms with Crippen molar-refractivity contribution in [3.05, 3.63) is 154 Å². The Morgan fingerprint density at radius 3 is 1.13 bits per heavy atom. The third-order valence-electron chi connectivity index (χ3n) is 9.52. The van der Waals surface area contributed by atoms with Crippen LogP contribution >= 0.6 is 0 Å². The van der Waals surface area contributed by atoms with Crippen LogP contribution in [0.5, 0.6) is 23.0 Å². The number of hydrogen-bond donors (Lipinski definition) is 0. The molecule has 18 nitrogen and oxygen atoms in total. The van der Waals surface area contributed by atoms with Gasteiger partial charge in [-0.05, 0) is 128 Å². The van der Waals surface area contributed by atoms with Gasteiger partial charge in [0.15, 0.2) is 34.2 Å². The predicted octanol–water partition coefficient (Wildman–Crippen LogP) is 6.25. The van der Waals surface area contributed by atoms with Crippen LogP contribution in [0.4, 0.5) is 11.4 Å². The number of rotatable bonds is 13. The fourth-order valence-electron chi connectivity index (χ4n) is 6.39. The summed E-state index contributed by atoms with van der Waals surface area (Å²) in [5, 5.41) is 42.1. The Hall–Kier alpha value is -8.54. The number of methoxy groups -OCH3 is 4. The summed E-state index contributed by atoms with van der Waals surface area (Å²) in [7, 11) is 6.26. The van der Waals surface area contributed by atoms with Gasteiger partial charge in [-0.25, -0.2) is 0 Å². The van der Waals surface area contributed by atoms with Crippen molar-refractivity contribution >= 4 is 11.4 Å². The topological polar surface area (TPSA) is 192 Å². The van der Waals surface area contributed by atoms with Crippen LogP contribution in [0.3, 0.4) is 0 Å². The summed E-state index contributed by atoms with van der Waals surface area (Å²) in [6.07, 6.45) is 0. The van der Waals surface area contributed by atoms with Gasteiger partial charge in [0.25, 0.3) is 11.4 Å². The predicted molar refractivity (Wildman–Crippen MR) is 215 cm³/mol. The molecule has 60 heavy (non-hydrogen) atoms. The molecule has 0 aliphatic carbocycles. The van der Waals surface area contributed by atoms with Crippen molar-refractivity contribution < 1.29 is 38.4 Å². The third-order valence-corrected chi connectivity index (χ3v) is 9.52. The Kier molecular flexibility index (Phi) is 10.3. The average Bonchev–Trinajstić information content (AvgIpc) is 3.95. The number of aromatic nitrogens is 8. The highest BCUT2D eigenvalue weighted by Gasteiger charge is 2.29. The second kappa shape index (κ2) is 16.1. The highest BCUT2D eigenvalue weighted by Crippen LogP contribution is 2.34. The van der Waals surface area contributed by atoms with E-state index in [1.165, 1.54) is 33.9 Å². The molecular weight excluding hydrogens is 773 g/mol. The summed E-state index contributed by atoms with van der Waals surface area (Å²) in [5.74, 6) is 3.02. The van der Waals surface area contributed by atoms with E-state index in [-0.39, 0.29) is 11.4 Å². The van der Waals surface area contributed by atoms with Crippen LogP contribution < -0.4 is 28.5 Å². The van der Waals surface area contributed by atoms with Crippen molar-refractivity contribution in [1.82, 2.24) is 30.0 Å². The lowest BCUT2D eigenvalue weighted by atomic mass is 10.0.